The largest absolute Gasteiger partial charge is 0.303 e. The van der Waals surface area contributed by atoms with Crippen LogP contribution in [0.3, 0.4) is 0 Å². The number of halogens is 1. The fraction of sp³-hybridized carbons (Fsp3) is 0.476. The van der Waals surface area contributed by atoms with E-state index < -0.39 is 5.67 Å². The molecule has 8 heteroatoms. The first kappa shape index (κ1) is 19.6. The lowest BCUT2D eigenvalue weighted by molar-refractivity contribution is -0.133. The average Bonchev–Trinajstić information content (AvgIpc) is 3.24. The first-order chi connectivity index (χ1) is 13.9. The molecule has 3 aromatic rings. The average molecular weight is 396 g/mol. The van der Waals surface area contributed by atoms with E-state index in [9.17, 15) is 4.79 Å². The van der Waals surface area contributed by atoms with Crippen LogP contribution in [0.5, 0.6) is 0 Å². The minimum Gasteiger partial charge on any atom is -0.303 e. The summed E-state index contributed by atoms with van der Waals surface area (Å²) < 4.78 is 15.3. The number of rotatable bonds is 6. The quantitative estimate of drug-likeness (QED) is 0.638. The Hall–Kier alpha value is -2.74. The Morgan fingerprint density at radius 3 is 2.55 bits per heavy atom. The van der Waals surface area contributed by atoms with Gasteiger partial charge < -0.3 is 4.90 Å². The maximum absolute atomic E-state index is 15.3. The molecular weight excluding hydrogens is 371 g/mol. The van der Waals surface area contributed by atoms with E-state index in [1.807, 2.05) is 6.07 Å². The molecule has 0 aromatic carbocycles. The molecule has 1 fully saturated rings. The molecule has 1 aliphatic rings. The Balaban J connectivity index is 1.48. The van der Waals surface area contributed by atoms with Crippen LogP contribution in [-0.4, -0.2) is 60.9 Å². The summed E-state index contributed by atoms with van der Waals surface area (Å²) in [5.41, 5.74) is 0.208. The van der Waals surface area contributed by atoms with E-state index >= 15 is 4.39 Å². The fourth-order valence-electron chi connectivity index (χ4n) is 3.83. The summed E-state index contributed by atoms with van der Waals surface area (Å²) in [7, 11) is 0. The summed E-state index contributed by atoms with van der Waals surface area (Å²) in [4.78, 5) is 25.1. The Kier molecular flexibility index (Phi) is 5.36. The van der Waals surface area contributed by atoms with Gasteiger partial charge in [0.15, 0.2) is 11.5 Å². The monoisotopic (exact) mass is 396 g/mol. The number of aromatic nitrogens is 5. The molecule has 0 atom stereocenters. The summed E-state index contributed by atoms with van der Waals surface area (Å²) in [6, 6.07) is 3.68. The molecular formula is C21H25FN6O. The zero-order valence-electron chi connectivity index (χ0n) is 16.8. The standard InChI is InChI=1S/C21H25FN6O/c1-15(2)14-27-7-3-21(22,4-8-27)20(29)11-17-9-16-10-18(28-25-5-6-26-28)12-24-19(16)13-23-17/h5-6,9-10,12-13,15H,3-4,7-8,11,14H2,1-2H3. The summed E-state index contributed by atoms with van der Waals surface area (Å²) in [5.74, 6) is 0.154. The highest BCUT2D eigenvalue weighted by Gasteiger charge is 2.41. The number of carbonyl (C=O) groups excluding carboxylic acids is 1. The fourth-order valence-corrected chi connectivity index (χ4v) is 3.83. The van der Waals surface area contributed by atoms with Gasteiger partial charge in [-0.3, -0.25) is 14.8 Å². The van der Waals surface area contributed by atoms with E-state index in [1.54, 1.807) is 30.9 Å². The van der Waals surface area contributed by atoms with Gasteiger partial charge in [0.25, 0.3) is 0 Å². The van der Waals surface area contributed by atoms with Crippen LogP contribution in [0.25, 0.3) is 16.6 Å². The molecule has 4 rings (SSSR count). The van der Waals surface area contributed by atoms with Crippen LogP contribution in [0.1, 0.15) is 32.4 Å². The molecule has 4 heterocycles. The first-order valence-electron chi connectivity index (χ1n) is 9.99. The normalized spacial score (nSPS) is 17.1. The molecule has 152 valence electrons. The third-order valence-electron chi connectivity index (χ3n) is 5.37. The molecule has 0 spiro atoms. The topological polar surface area (TPSA) is 76.8 Å². The Bertz CT molecular complexity index is 996. The number of likely N-dealkylation sites (tertiary alicyclic amines) is 1. The number of hydrogen-bond donors (Lipinski definition) is 0. The predicted octanol–water partition coefficient (Wildman–Crippen LogP) is 2.78. The van der Waals surface area contributed by atoms with Crippen LogP contribution < -0.4 is 0 Å². The van der Waals surface area contributed by atoms with E-state index in [1.165, 1.54) is 4.80 Å². The van der Waals surface area contributed by atoms with E-state index in [0.717, 1.165) is 11.9 Å². The minimum atomic E-state index is -1.76. The van der Waals surface area contributed by atoms with Gasteiger partial charge in [0.1, 0.15) is 5.69 Å². The van der Waals surface area contributed by atoms with Crippen molar-refractivity contribution >= 4 is 16.7 Å². The van der Waals surface area contributed by atoms with E-state index in [4.69, 9.17) is 0 Å². The zero-order valence-corrected chi connectivity index (χ0v) is 16.8. The number of alkyl halides is 1. The van der Waals surface area contributed by atoms with Gasteiger partial charge in [0.2, 0.25) is 0 Å². The van der Waals surface area contributed by atoms with E-state index in [-0.39, 0.29) is 25.0 Å². The maximum atomic E-state index is 15.3. The van der Waals surface area contributed by atoms with Gasteiger partial charge in [-0.1, -0.05) is 13.8 Å². The van der Waals surface area contributed by atoms with Crippen molar-refractivity contribution < 1.29 is 9.18 Å². The van der Waals surface area contributed by atoms with Crippen molar-refractivity contribution in [2.75, 3.05) is 19.6 Å². The Morgan fingerprint density at radius 1 is 1.14 bits per heavy atom. The Morgan fingerprint density at radius 2 is 1.86 bits per heavy atom. The summed E-state index contributed by atoms with van der Waals surface area (Å²) >= 11 is 0. The van der Waals surface area contributed by atoms with Crippen LogP contribution >= 0.6 is 0 Å². The molecule has 0 N–H and O–H groups in total. The molecule has 29 heavy (non-hydrogen) atoms. The third-order valence-corrected chi connectivity index (χ3v) is 5.37. The number of pyridine rings is 2. The molecule has 1 aliphatic heterocycles. The number of piperidine rings is 1. The smallest absolute Gasteiger partial charge is 0.175 e. The number of ketones is 1. The van der Waals surface area contributed by atoms with Crippen LogP contribution in [0.2, 0.25) is 0 Å². The van der Waals surface area contributed by atoms with E-state index in [0.29, 0.717) is 35.9 Å². The number of hydrogen-bond acceptors (Lipinski definition) is 6. The van der Waals surface area contributed by atoms with Gasteiger partial charge in [-0.2, -0.15) is 15.0 Å². The molecule has 0 saturated carbocycles. The minimum absolute atomic E-state index is 0.0130. The van der Waals surface area contributed by atoms with Gasteiger partial charge in [-0.25, -0.2) is 4.39 Å². The Labute approximate surface area is 169 Å². The summed E-state index contributed by atoms with van der Waals surface area (Å²) in [6.07, 6.45) is 6.96. The van der Waals surface area contributed by atoms with Crippen molar-refractivity contribution in [3.63, 3.8) is 0 Å². The highest BCUT2D eigenvalue weighted by molar-refractivity contribution is 5.90. The second-order valence-electron chi connectivity index (χ2n) is 8.14. The van der Waals surface area contributed by atoms with Gasteiger partial charge in [-0.05, 0) is 18.1 Å². The van der Waals surface area contributed by atoms with Gasteiger partial charge in [0, 0.05) is 43.6 Å². The lowest BCUT2D eigenvalue weighted by atomic mass is 9.86. The lowest BCUT2D eigenvalue weighted by Crippen LogP contribution is -2.47. The highest BCUT2D eigenvalue weighted by Crippen LogP contribution is 2.29. The van der Waals surface area contributed by atoms with Crippen LogP contribution in [-0.2, 0) is 11.2 Å². The number of carbonyl (C=O) groups is 1. The highest BCUT2D eigenvalue weighted by atomic mass is 19.1. The zero-order chi connectivity index (χ0) is 20.4. The number of Topliss-reactive ketones (excluding diaryl/α,β-unsaturated/α-hetero) is 1. The van der Waals surface area contributed by atoms with Gasteiger partial charge in [-0.15, -0.1) is 0 Å². The molecule has 1 saturated heterocycles. The van der Waals surface area contributed by atoms with Crippen molar-refractivity contribution in [2.24, 2.45) is 5.92 Å². The summed E-state index contributed by atoms with van der Waals surface area (Å²) in [5, 5.41) is 9.02. The molecule has 7 nitrogen and oxygen atoms in total. The second kappa shape index (κ2) is 7.94. The molecule has 0 amide bonds. The van der Waals surface area contributed by atoms with Crippen LogP contribution in [0.15, 0.2) is 36.9 Å². The molecule has 0 aliphatic carbocycles. The van der Waals surface area contributed by atoms with Crippen molar-refractivity contribution in [2.45, 2.75) is 38.8 Å². The first-order valence-corrected chi connectivity index (χ1v) is 9.99. The van der Waals surface area contributed by atoms with Crippen LogP contribution in [0.4, 0.5) is 4.39 Å². The van der Waals surface area contributed by atoms with Crippen molar-refractivity contribution in [1.29, 1.82) is 0 Å². The van der Waals surface area contributed by atoms with Crippen molar-refractivity contribution in [1.82, 2.24) is 29.9 Å². The van der Waals surface area contributed by atoms with E-state index in [2.05, 4.69) is 38.9 Å². The third kappa shape index (κ3) is 4.32. The molecule has 0 radical (unpaired) electrons. The van der Waals surface area contributed by atoms with Gasteiger partial charge >= 0.3 is 0 Å². The van der Waals surface area contributed by atoms with Crippen molar-refractivity contribution in [3.05, 3.63) is 42.6 Å². The van der Waals surface area contributed by atoms with Crippen LogP contribution in [0, 0.1) is 5.92 Å². The SMILES string of the molecule is CC(C)CN1CCC(F)(C(=O)Cc2cc3cc(-n4nccn4)cnc3cn2)CC1. The maximum Gasteiger partial charge on any atom is 0.175 e. The van der Waals surface area contributed by atoms with Gasteiger partial charge in [0.05, 0.1) is 36.7 Å². The summed E-state index contributed by atoms with van der Waals surface area (Å²) in [6.45, 7) is 6.48. The predicted molar refractivity (Wildman–Crippen MR) is 108 cm³/mol. The lowest BCUT2D eigenvalue weighted by Gasteiger charge is -2.36. The number of fused-ring (bicyclic) bond motifs is 1. The van der Waals surface area contributed by atoms with Crippen molar-refractivity contribution in [3.8, 4) is 5.69 Å². The second-order valence-corrected chi connectivity index (χ2v) is 8.14. The molecule has 3 aromatic heterocycles. The molecule has 0 bridgehead atoms. The molecule has 0 unspecified atom stereocenters. The number of nitrogens with zero attached hydrogens (tertiary/aromatic N) is 6.